The minimum absolute atomic E-state index is 0.245. The molecule has 0 heterocycles. The lowest BCUT2D eigenvalue weighted by atomic mass is 9.93. The van der Waals surface area contributed by atoms with Gasteiger partial charge >= 0.3 is 0 Å². The lowest BCUT2D eigenvalue weighted by molar-refractivity contribution is -0.131. The molecule has 0 radical (unpaired) electrons. The average molecular weight is 340 g/mol. The van der Waals surface area contributed by atoms with Crippen LogP contribution < -0.4 is 16.1 Å². The lowest BCUT2D eigenvalue weighted by Crippen LogP contribution is -2.36. The smallest absolute Gasteiger partial charge is 0.240 e. The van der Waals surface area contributed by atoms with Crippen molar-refractivity contribution >= 4 is 36.5 Å². The van der Waals surface area contributed by atoms with Gasteiger partial charge in [0.15, 0.2) is 11.6 Å². The normalized spacial score (nSPS) is 14.6. The molecule has 1 saturated carbocycles. The third kappa shape index (κ3) is 3.35. The summed E-state index contributed by atoms with van der Waals surface area (Å²) >= 11 is 0. The molecule has 2 amide bonds. The van der Waals surface area contributed by atoms with Crippen LogP contribution in [0.1, 0.15) is 18.4 Å². The number of hydrogen-bond acceptors (Lipinski definition) is 3. The number of phenolic OH excluding ortho intramolecular Hbond substituents is 1. The zero-order valence-electron chi connectivity index (χ0n) is 14.0. The van der Waals surface area contributed by atoms with Crippen LogP contribution in [0.15, 0.2) is 36.4 Å². The zero-order valence-corrected chi connectivity index (χ0v) is 14.0. The number of nitrogens with one attached hydrogen (secondary N) is 2. The molecule has 128 valence electrons. The highest BCUT2D eigenvalue weighted by Gasteiger charge is 2.56. The summed E-state index contributed by atoms with van der Waals surface area (Å²) in [6.45, 7) is 1.94. The molecule has 0 saturated heterocycles. The number of amides is 2. The Kier molecular flexibility index (Phi) is 4.24. The molecule has 0 atom stereocenters. The largest absolute Gasteiger partial charge is 0.505 e. The Morgan fingerprint density at radius 1 is 1.12 bits per heavy atom. The summed E-state index contributed by atoms with van der Waals surface area (Å²) in [5.41, 5.74) is 1.33. The van der Waals surface area contributed by atoms with Gasteiger partial charge in [0.05, 0.1) is 0 Å². The van der Waals surface area contributed by atoms with Gasteiger partial charge in [-0.1, -0.05) is 23.2 Å². The number of aromatic hydroxyl groups is 1. The maximum absolute atomic E-state index is 13.5. The second-order valence-electron chi connectivity index (χ2n) is 6.47. The van der Waals surface area contributed by atoms with Gasteiger partial charge in [0.2, 0.25) is 11.8 Å². The van der Waals surface area contributed by atoms with Gasteiger partial charge in [0, 0.05) is 17.4 Å². The van der Waals surface area contributed by atoms with E-state index in [1.54, 1.807) is 20.0 Å². The van der Waals surface area contributed by atoms with Crippen molar-refractivity contribution in [1.82, 2.24) is 0 Å². The Morgan fingerprint density at radius 3 is 2.32 bits per heavy atom. The average Bonchev–Trinajstić information content (AvgIpc) is 3.36. The number of aryl methyl sites for hydroxylation is 1. The highest BCUT2D eigenvalue weighted by molar-refractivity contribution is 6.37. The Labute approximate surface area is 145 Å². The Hall–Kier alpha value is -2.83. The minimum Gasteiger partial charge on any atom is -0.505 e. The molecule has 1 aliphatic carbocycles. The van der Waals surface area contributed by atoms with Crippen molar-refractivity contribution in [2.75, 3.05) is 10.6 Å². The van der Waals surface area contributed by atoms with Gasteiger partial charge in [-0.15, -0.1) is 0 Å². The van der Waals surface area contributed by atoms with Gasteiger partial charge in [0.1, 0.15) is 13.3 Å². The van der Waals surface area contributed by atoms with Crippen molar-refractivity contribution < 1.29 is 19.1 Å². The summed E-state index contributed by atoms with van der Waals surface area (Å²) in [5.74, 6) is -2.14. The van der Waals surface area contributed by atoms with E-state index in [0.29, 0.717) is 24.0 Å². The predicted molar refractivity (Wildman–Crippen MR) is 96.3 cm³/mol. The van der Waals surface area contributed by atoms with E-state index in [9.17, 15) is 19.1 Å². The third-order valence-electron chi connectivity index (χ3n) is 4.47. The number of rotatable bonds is 4. The first-order valence-corrected chi connectivity index (χ1v) is 8.00. The molecule has 2 aromatic rings. The first-order chi connectivity index (χ1) is 11.8. The first kappa shape index (κ1) is 17.0. The second kappa shape index (κ2) is 6.24. The summed E-state index contributed by atoms with van der Waals surface area (Å²) in [5, 5.41) is 14.7. The highest BCUT2D eigenvalue weighted by Crippen LogP contribution is 2.47. The third-order valence-corrected chi connectivity index (χ3v) is 4.47. The van der Waals surface area contributed by atoms with E-state index in [1.165, 1.54) is 6.07 Å². The molecule has 0 aromatic heterocycles. The summed E-state index contributed by atoms with van der Waals surface area (Å²) in [7, 11) is 1.64. The summed E-state index contributed by atoms with van der Waals surface area (Å²) in [4.78, 5) is 25.1. The van der Waals surface area contributed by atoms with Crippen LogP contribution in [0.4, 0.5) is 15.8 Å². The molecule has 1 aliphatic rings. The molecule has 0 bridgehead atoms. The van der Waals surface area contributed by atoms with E-state index >= 15 is 0 Å². The molecule has 0 spiro atoms. The van der Waals surface area contributed by atoms with Crippen LogP contribution in [0.25, 0.3) is 0 Å². The summed E-state index contributed by atoms with van der Waals surface area (Å²) in [6, 6.07) is 9.59. The summed E-state index contributed by atoms with van der Waals surface area (Å²) < 4.78 is 13.5. The number of carbonyl (C=O) groups is 2. The molecule has 7 heteroatoms. The molecular weight excluding hydrogens is 322 g/mol. The minimum atomic E-state index is -1.13. The van der Waals surface area contributed by atoms with Gasteiger partial charge < -0.3 is 15.7 Å². The van der Waals surface area contributed by atoms with Crippen molar-refractivity contribution in [3.05, 3.63) is 47.8 Å². The SMILES string of the molecule is Bc1cc(O)c(F)cc1NC(=O)C1(C(=O)Nc2ccc(C)cc2)CC1. The zero-order chi connectivity index (χ0) is 18.2. The lowest BCUT2D eigenvalue weighted by Gasteiger charge is -2.17. The van der Waals surface area contributed by atoms with Crippen molar-refractivity contribution in [3.8, 4) is 5.75 Å². The van der Waals surface area contributed by atoms with E-state index in [1.807, 2.05) is 19.1 Å². The molecule has 0 unspecified atom stereocenters. The van der Waals surface area contributed by atoms with E-state index < -0.39 is 22.9 Å². The van der Waals surface area contributed by atoms with Crippen LogP contribution in [0.5, 0.6) is 5.75 Å². The van der Waals surface area contributed by atoms with Crippen LogP contribution in [0.3, 0.4) is 0 Å². The molecule has 2 aromatic carbocycles. The second-order valence-corrected chi connectivity index (χ2v) is 6.47. The van der Waals surface area contributed by atoms with Crippen LogP contribution in [-0.4, -0.2) is 24.8 Å². The fourth-order valence-corrected chi connectivity index (χ4v) is 2.61. The number of benzene rings is 2. The van der Waals surface area contributed by atoms with Gasteiger partial charge in [-0.3, -0.25) is 9.59 Å². The van der Waals surface area contributed by atoms with E-state index in [4.69, 9.17) is 0 Å². The van der Waals surface area contributed by atoms with E-state index in [-0.39, 0.29) is 11.6 Å². The molecule has 0 aliphatic heterocycles. The van der Waals surface area contributed by atoms with Crippen molar-refractivity contribution in [2.24, 2.45) is 5.41 Å². The quantitative estimate of drug-likeness (QED) is 0.448. The molecular formula is C18H18BFN2O3. The topological polar surface area (TPSA) is 78.4 Å². The van der Waals surface area contributed by atoms with Crippen LogP contribution in [0.2, 0.25) is 0 Å². The van der Waals surface area contributed by atoms with Gasteiger partial charge in [0.25, 0.3) is 0 Å². The highest BCUT2D eigenvalue weighted by atomic mass is 19.1. The molecule has 3 N–H and O–H groups in total. The fourth-order valence-electron chi connectivity index (χ4n) is 2.61. The Balaban J connectivity index is 1.74. The Bertz CT molecular complexity index is 848. The number of phenols is 1. The molecule has 3 rings (SSSR count). The maximum Gasteiger partial charge on any atom is 0.240 e. The van der Waals surface area contributed by atoms with E-state index in [0.717, 1.165) is 11.6 Å². The monoisotopic (exact) mass is 340 g/mol. The standard InChI is InChI=1S/C18H18BFN2O3/c1-10-2-4-11(5-3-10)21-16(24)18(6-7-18)17(25)22-14-9-13(20)15(23)8-12(14)19/h2-5,8-9,23H,6-7,19H2,1H3,(H,21,24)(H,22,25). The van der Waals surface area contributed by atoms with Gasteiger partial charge in [-0.25, -0.2) is 4.39 Å². The Morgan fingerprint density at radius 2 is 1.72 bits per heavy atom. The number of carbonyl (C=O) groups excluding carboxylic acids is 2. The molecule has 5 nitrogen and oxygen atoms in total. The predicted octanol–water partition coefficient (Wildman–Crippen LogP) is 1.46. The maximum atomic E-state index is 13.5. The van der Waals surface area contributed by atoms with E-state index in [2.05, 4.69) is 10.6 Å². The van der Waals surface area contributed by atoms with Crippen molar-refractivity contribution in [2.45, 2.75) is 19.8 Å². The van der Waals surface area contributed by atoms with Gasteiger partial charge in [-0.05, 0) is 38.0 Å². The molecule has 1 fully saturated rings. The first-order valence-electron chi connectivity index (χ1n) is 8.00. The molecule has 25 heavy (non-hydrogen) atoms. The van der Waals surface area contributed by atoms with Crippen molar-refractivity contribution in [3.63, 3.8) is 0 Å². The van der Waals surface area contributed by atoms with Crippen molar-refractivity contribution in [1.29, 1.82) is 0 Å². The van der Waals surface area contributed by atoms with Crippen LogP contribution in [0, 0.1) is 18.2 Å². The summed E-state index contributed by atoms with van der Waals surface area (Å²) in [6.07, 6.45) is 0.881. The van der Waals surface area contributed by atoms with Crippen LogP contribution in [-0.2, 0) is 9.59 Å². The number of halogens is 1. The number of anilines is 2. The van der Waals surface area contributed by atoms with Crippen LogP contribution >= 0.6 is 0 Å². The number of hydrogen-bond donors (Lipinski definition) is 3. The van der Waals surface area contributed by atoms with Gasteiger partial charge in [-0.2, -0.15) is 0 Å². The fraction of sp³-hybridized carbons (Fsp3) is 0.222.